The monoisotopic (exact) mass is 1320 g/mol. The van der Waals surface area contributed by atoms with Crippen molar-refractivity contribution in [3.05, 3.63) is 0 Å². The van der Waals surface area contributed by atoms with Gasteiger partial charge < -0.3 is 33.8 Å². The van der Waals surface area contributed by atoms with E-state index in [1.54, 1.807) is 0 Å². The lowest BCUT2D eigenvalue weighted by Gasteiger charge is -2.21. The zero-order chi connectivity index (χ0) is 66.6. The van der Waals surface area contributed by atoms with E-state index >= 15 is 0 Å². The second kappa shape index (κ2) is 61.9. The number of aliphatic hydroxyl groups is 1. The fourth-order valence-electron chi connectivity index (χ4n) is 10.7. The Kier molecular flexibility index (Phi) is 60.6. The molecular formula is C71H138O17P2. The van der Waals surface area contributed by atoms with Gasteiger partial charge in [-0.3, -0.25) is 37.3 Å². The van der Waals surface area contributed by atoms with Crippen molar-refractivity contribution in [3.8, 4) is 0 Å². The normalized spacial score (nSPS) is 14.2. The van der Waals surface area contributed by atoms with Crippen molar-refractivity contribution >= 4 is 39.5 Å². The average molecular weight is 1330 g/mol. The van der Waals surface area contributed by atoms with Crippen molar-refractivity contribution in [2.45, 2.75) is 375 Å². The highest BCUT2D eigenvalue weighted by molar-refractivity contribution is 7.47. The molecule has 0 aliphatic rings. The van der Waals surface area contributed by atoms with Gasteiger partial charge in [0.1, 0.15) is 19.3 Å². The number of aliphatic hydroxyl groups excluding tert-OH is 1. The summed E-state index contributed by atoms with van der Waals surface area (Å²) in [6, 6.07) is 0. The summed E-state index contributed by atoms with van der Waals surface area (Å²) in [5.41, 5.74) is 0. The third-order valence-electron chi connectivity index (χ3n) is 16.4. The number of phosphoric ester groups is 2. The highest BCUT2D eigenvalue weighted by Gasteiger charge is 2.30. The van der Waals surface area contributed by atoms with E-state index in [9.17, 15) is 43.2 Å². The maximum Gasteiger partial charge on any atom is 0.472 e. The lowest BCUT2D eigenvalue weighted by molar-refractivity contribution is -0.161. The van der Waals surface area contributed by atoms with E-state index in [4.69, 9.17) is 37.0 Å². The molecule has 0 aromatic heterocycles. The molecule has 0 fully saturated rings. The molecule has 0 aromatic carbocycles. The van der Waals surface area contributed by atoms with E-state index in [1.165, 1.54) is 161 Å². The van der Waals surface area contributed by atoms with Crippen molar-refractivity contribution in [2.75, 3.05) is 39.6 Å². The Bertz CT molecular complexity index is 1770. The number of carbonyl (C=O) groups excluding carboxylic acids is 4. The molecule has 3 N–H and O–H groups in total. The van der Waals surface area contributed by atoms with E-state index < -0.39 is 97.5 Å². The van der Waals surface area contributed by atoms with Crippen LogP contribution in [0.1, 0.15) is 357 Å². The van der Waals surface area contributed by atoms with Crippen molar-refractivity contribution in [1.29, 1.82) is 0 Å². The van der Waals surface area contributed by atoms with Crippen LogP contribution in [0.4, 0.5) is 0 Å². The van der Waals surface area contributed by atoms with Gasteiger partial charge in [-0.1, -0.05) is 305 Å². The standard InChI is InChI=1S/C71H138O17P2/c1-8-9-10-35-45-52-68(73)81-58-66(87-71(76)55-48-41-34-28-22-25-31-38-44-51-64(6)7)60-85-89(77,78)83-56-65(72)57-84-90(79,80)86-61-67(59-82-69(74)53-46-39-32-26-20-17-16-19-24-30-37-43-50-63(4)5)88-70(75)54-47-40-33-27-21-15-13-11-12-14-18-23-29-36-42-49-62(2)3/h62-67,72H,8-61H2,1-7H3,(H,77,78)(H,79,80)/t65-,66+,67+/m0/s1. The van der Waals surface area contributed by atoms with Crippen molar-refractivity contribution in [1.82, 2.24) is 0 Å². The molecule has 90 heavy (non-hydrogen) atoms. The minimum atomic E-state index is -4.95. The molecule has 5 atom stereocenters. The Morgan fingerprint density at radius 1 is 0.300 bits per heavy atom. The molecule has 0 aliphatic heterocycles. The van der Waals surface area contributed by atoms with Crippen LogP contribution >= 0.6 is 15.6 Å². The summed E-state index contributed by atoms with van der Waals surface area (Å²) in [5.74, 6) is 0.185. The molecule has 0 heterocycles. The van der Waals surface area contributed by atoms with E-state index in [1.807, 2.05) is 0 Å². The largest absolute Gasteiger partial charge is 0.472 e. The molecule has 0 spiro atoms. The van der Waals surface area contributed by atoms with E-state index in [0.717, 1.165) is 114 Å². The Balaban J connectivity index is 5.16. The number of hydrogen-bond acceptors (Lipinski definition) is 15. The van der Waals surface area contributed by atoms with Crippen LogP contribution in [0.25, 0.3) is 0 Å². The van der Waals surface area contributed by atoms with Crippen molar-refractivity contribution < 1.29 is 80.2 Å². The molecule has 0 rings (SSSR count). The van der Waals surface area contributed by atoms with Gasteiger partial charge in [0.05, 0.1) is 26.4 Å². The zero-order valence-corrected chi connectivity index (χ0v) is 60.4. The van der Waals surface area contributed by atoms with Crippen LogP contribution in [-0.4, -0.2) is 96.7 Å². The summed E-state index contributed by atoms with van der Waals surface area (Å²) in [6.45, 7) is 11.8. The second-order valence-corrected chi connectivity index (χ2v) is 30.0. The first kappa shape index (κ1) is 88.1. The summed E-state index contributed by atoms with van der Waals surface area (Å²) in [4.78, 5) is 72.3. The molecule has 534 valence electrons. The van der Waals surface area contributed by atoms with Crippen LogP contribution in [0.2, 0.25) is 0 Å². The van der Waals surface area contributed by atoms with Gasteiger partial charge in [0.15, 0.2) is 12.2 Å². The quantitative estimate of drug-likeness (QED) is 0.0222. The maximum atomic E-state index is 13.0. The van der Waals surface area contributed by atoms with E-state index in [0.29, 0.717) is 25.7 Å². The molecule has 0 aromatic rings. The maximum absolute atomic E-state index is 13.0. The molecule has 0 amide bonds. The summed E-state index contributed by atoms with van der Waals surface area (Å²) >= 11 is 0. The fraction of sp³-hybridized carbons (Fsp3) is 0.944. The summed E-state index contributed by atoms with van der Waals surface area (Å²) < 4.78 is 68.1. The van der Waals surface area contributed by atoms with Gasteiger partial charge in [-0.25, -0.2) is 9.13 Å². The molecule has 0 bridgehead atoms. The van der Waals surface area contributed by atoms with Gasteiger partial charge in [0.25, 0.3) is 0 Å². The van der Waals surface area contributed by atoms with Crippen LogP contribution in [-0.2, 0) is 65.4 Å². The fourth-order valence-corrected chi connectivity index (χ4v) is 12.3. The van der Waals surface area contributed by atoms with Gasteiger partial charge in [-0.05, 0) is 43.4 Å². The minimum absolute atomic E-state index is 0.104. The van der Waals surface area contributed by atoms with Gasteiger partial charge in [0.2, 0.25) is 0 Å². The number of carbonyl (C=O) groups is 4. The van der Waals surface area contributed by atoms with Crippen LogP contribution in [0.5, 0.6) is 0 Å². The molecule has 0 aliphatic carbocycles. The molecule has 19 heteroatoms. The number of unbranched alkanes of at least 4 members (excludes halogenated alkanes) is 37. The molecule has 2 unspecified atom stereocenters. The van der Waals surface area contributed by atoms with Crippen LogP contribution < -0.4 is 0 Å². The topological polar surface area (TPSA) is 237 Å². The first-order valence-corrected chi connectivity index (χ1v) is 39.8. The minimum Gasteiger partial charge on any atom is -0.462 e. The Hall–Kier alpha value is -1.94. The molecule has 0 saturated carbocycles. The Morgan fingerprint density at radius 3 is 0.756 bits per heavy atom. The Morgan fingerprint density at radius 2 is 0.511 bits per heavy atom. The van der Waals surface area contributed by atoms with Gasteiger partial charge in [-0.15, -0.1) is 0 Å². The third kappa shape index (κ3) is 64.8. The summed E-state index contributed by atoms with van der Waals surface area (Å²) in [5, 5.41) is 10.6. The average Bonchev–Trinajstić information content (AvgIpc) is 3.60. The van der Waals surface area contributed by atoms with Crippen LogP contribution in [0, 0.1) is 17.8 Å². The summed E-state index contributed by atoms with van der Waals surface area (Å²) in [6.07, 6.45) is 46.2. The summed E-state index contributed by atoms with van der Waals surface area (Å²) in [7, 11) is -9.89. The highest BCUT2D eigenvalue weighted by atomic mass is 31.2. The Labute approximate surface area is 549 Å². The lowest BCUT2D eigenvalue weighted by atomic mass is 10.0. The third-order valence-corrected chi connectivity index (χ3v) is 18.3. The SMILES string of the molecule is CCCCCCCC(=O)OC[C@H](COP(=O)(O)OC[C@H](O)COP(=O)(O)OC[C@@H](COC(=O)CCCCCCCCCCCCCCC(C)C)OC(=O)CCCCCCCCCCCCCCCCCC(C)C)OC(=O)CCCCCCCCCCCC(C)C. The number of esters is 4. The van der Waals surface area contributed by atoms with E-state index in [-0.39, 0.29) is 25.7 Å². The molecule has 0 saturated heterocycles. The van der Waals surface area contributed by atoms with Crippen LogP contribution in [0.15, 0.2) is 0 Å². The molecular weight excluding hydrogens is 1190 g/mol. The number of rotatable bonds is 69. The first-order chi connectivity index (χ1) is 43.2. The lowest BCUT2D eigenvalue weighted by Crippen LogP contribution is -2.30. The smallest absolute Gasteiger partial charge is 0.462 e. The number of ether oxygens (including phenoxy) is 4. The van der Waals surface area contributed by atoms with Crippen LogP contribution in [0.3, 0.4) is 0 Å². The second-order valence-electron chi connectivity index (χ2n) is 27.1. The van der Waals surface area contributed by atoms with Gasteiger partial charge >= 0.3 is 39.5 Å². The van der Waals surface area contributed by atoms with Gasteiger partial charge in [-0.2, -0.15) is 0 Å². The van der Waals surface area contributed by atoms with E-state index in [2.05, 4.69) is 48.5 Å². The number of phosphoric acid groups is 2. The van der Waals surface area contributed by atoms with Crippen molar-refractivity contribution in [2.24, 2.45) is 17.8 Å². The highest BCUT2D eigenvalue weighted by Crippen LogP contribution is 2.45. The predicted octanol–water partition coefficient (Wildman–Crippen LogP) is 20.2. The van der Waals surface area contributed by atoms with Gasteiger partial charge in [0, 0.05) is 25.7 Å². The van der Waals surface area contributed by atoms with Crippen molar-refractivity contribution in [3.63, 3.8) is 0 Å². The zero-order valence-electron chi connectivity index (χ0n) is 58.6. The predicted molar refractivity (Wildman–Crippen MR) is 363 cm³/mol. The molecule has 0 radical (unpaired) electrons. The first-order valence-electron chi connectivity index (χ1n) is 36.8. The number of hydrogen-bond donors (Lipinski definition) is 3. The molecule has 17 nitrogen and oxygen atoms in total.